The molecule has 1 amide bonds. The van der Waals surface area contributed by atoms with Crippen LogP contribution in [-0.4, -0.2) is 76.4 Å². The Hall–Kier alpha value is -2.50. The van der Waals surface area contributed by atoms with Crippen LogP contribution in [0.4, 0.5) is 4.79 Å². The molecule has 1 saturated heterocycles. The number of likely N-dealkylation sites (tertiary alicyclic amines) is 1. The average Bonchev–Trinajstić information content (AvgIpc) is 3.33. The number of carbonyl (C=O) groups is 1. The van der Waals surface area contributed by atoms with E-state index in [1.807, 2.05) is 25.1 Å². The third-order valence-electron chi connectivity index (χ3n) is 7.96. The summed E-state index contributed by atoms with van der Waals surface area (Å²) in [5.41, 5.74) is 4.03. The van der Waals surface area contributed by atoms with Crippen molar-refractivity contribution in [3.05, 3.63) is 35.9 Å². The largest absolute Gasteiger partial charge is 0.464 e. The van der Waals surface area contributed by atoms with E-state index < -0.39 is 17.3 Å². The first-order valence-corrected chi connectivity index (χ1v) is 15.3. The van der Waals surface area contributed by atoms with E-state index in [1.54, 1.807) is 7.11 Å². The second-order valence-electron chi connectivity index (χ2n) is 10.8. The Morgan fingerprint density at radius 3 is 2.67 bits per heavy atom. The summed E-state index contributed by atoms with van der Waals surface area (Å²) in [6.45, 7) is 4.15. The molecule has 4 atom stereocenters. The molecule has 4 rings (SSSR count). The summed E-state index contributed by atoms with van der Waals surface area (Å²) in [5.74, 6) is 1.54. The molecule has 0 bridgehead atoms. The fraction of sp³-hybridized carbons (Fsp3) is 0.679. The summed E-state index contributed by atoms with van der Waals surface area (Å²) in [4.78, 5) is 14.1. The third kappa shape index (κ3) is 8.49. The van der Waals surface area contributed by atoms with Crippen LogP contribution in [-0.2, 0) is 20.6 Å². The summed E-state index contributed by atoms with van der Waals surface area (Å²) in [5, 5.41) is 11.0. The maximum atomic E-state index is 12.4. The quantitative estimate of drug-likeness (QED) is 0.397. The Labute approximate surface area is 234 Å². The molecule has 11 heteroatoms. The second kappa shape index (κ2) is 14.8. The Morgan fingerprint density at radius 1 is 1.18 bits per heavy atom. The van der Waals surface area contributed by atoms with E-state index in [-0.39, 0.29) is 24.0 Å². The van der Waals surface area contributed by atoms with E-state index in [2.05, 4.69) is 31.3 Å². The Balaban J connectivity index is 1.41. The van der Waals surface area contributed by atoms with Crippen molar-refractivity contribution in [2.45, 2.75) is 76.9 Å². The van der Waals surface area contributed by atoms with Gasteiger partial charge in [-0.3, -0.25) is 5.43 Å². The van der Waals surface area contributed by atoms with Crippen LogP contribution in [0.1, 0.15) is 76.4 Å². The number of hydrogen-bond donors (Lipinski definition) is 2. The van der Waals surface area contributed by atoms with Crippen molar-refractivity contribution in [2.24, 2.45) is 20.6 Å². The van der Waals surface area contributed by atoms with E-state index in [0.29, 0.717) is 31.4 Å². The molecule has 2 heterocycles. The van der Waals surface area contributed by atoms with Crippen LogP contribution in [0.5, 0.6) is 0 Å². The van der Waals surface area contributed by atoms with Gasteiger partial charge in [0.2, 0.25) is 5.84 Å². The fourth-order valence-corrected chi connectivity index (χ4v) is 6.45. The summed E-state index contributed by atoms with van der Waals surface area (Å²) < 4.78 is 32.6. The van der Waals surface area contributed by atoms with E-state index in [9.17, 15) is 14.1 Å². The summed E-state index contributed by atoms with van der Waals surface area (Å²) in [6.07, 6.45) is 8.72. The molecule has 1 aromatic rings. The number of amides is 1. The van der Waals surface area contributed by atoms with E-state index in [4.69, 9.17) is 9.47 Å². The molecule has 39 heavy (non-hydrogen) atoms. The van der Waals surface area contributed by atoms with Crippen molar-refractivity contribution in [1.82, 2.24) is 15.3 Å². The summed E-state index contributed by atoms with van der Waals surface area (Å²) >= 11 is -1.79. The third-order valence-corrected chi connectivity index (χ3v) is 8.63. The minimum absolute atomic E-state index is 0.0272. The van der Waals surface area contributed by atoms with Crippen molar-refractivity contribution in [3.63, 3.8) is 0 Å². The van der Waals surface area contributed by atoms with Crippen LogP contribution in [0.3, 0.4) is 0 Å². The van der Waals surface area contributed by atoms with Gasteiger partial charge in [0.1, 0.15) is 0 Å². The molecule has 1 aromatic carbocycles. The van der Waals surface area contributed by atoms with Gasteiger partial charge in [-0.25, -0.2) is 14.0 Å². The number of amidine groups is 2. The van der Waals surface area contributed by atoms with Gasteiger partial charge in [0.15, 0.2) is 5.84 Å². The molecule has 2 fully saturated rings. The van der Waals surface area contributed by atoms with Gasteiger partial charge in [-0.05, 0) is 44.1 Å². The minimum atomic E-state index is -1.79. The molecule has 1 aliphatic carbocycles. The van der Waals surface area contributed by atoms with Crippen LogP contribution in [0.25, 0.3) is 0 Å². The molecular formula is C28H43N5O5S. The SMILES string of the molecule is COC(C)COC(c1ccccc1)C1CCCN(C2=NS(=O)N=C2NN(CCCC2CCCCC2)C(=O)O)C1. The molecule has 0 radical (unpaired) electrons. The van der Waals surface area contributed by atoms with Gasteiger partial charge in [0.05, 0.1) is 18.8 Å². The number of piperidine rings is 1. The van der Waals surface area contributed by atoms with Gasteiger partial charge in [-0.2, -0.15) is 0 Å². The number of hydrazine groups is 1. The number of carboxylic acid groups (broad SMARTS) is 1. The topological polar surface area (TPSA) is 116 Å². The maximum Gasteiger partial charge on any atom is 0.426 e. The predicted octanol–water partition coefficient (Wildman–Crippen LogP) is 4.73. The molecule has 2 aliphatic heterocycles. The first-order valence-electron chi connectivity index (χ1n) is 14.3. The van der Waals surface area contributed by atoms with Crippen molar-refractivity contribution in [3.8, 4) is 0 Å². The van der Waals surface area contributed by atoms with Crippen molar-refractivity contribution >= 4 is 28.9 Å². The van der Waals surface area contributed by atoms with Gasteiger partial charge < -0.3 is 19.5 Å². The highest BCUT2D eigenvalue weighted by Crippen LogP contribution is 2.34. The lowest BCUT2D eigenvalue weighted by molar-refractivity contribution is -0.0528. The number of nitrogens with zero attached hydrogens (tertiary/aromatic N) is 4. The normalized spacial score (nSPS) is 23.6. The minimum Gasteiger partial charge on any atom is -0.464 e. The number of methoxy groups -OCH3 is 1. The molecule has 2 N–H and O–H groups in total. The van der Waals surface area contributed by atoms with Gasteiger partial charge >= 0.3 is 6.09 Å². The monoisotopic (exact) mass is 561 g/mol. The summed E-state index contributed by atoms with van der Waals surface area (Å²) in [6, 6.07) is 10.2. The number of nitrogens with one attached hydrogen (secondary N) is 1. The van der Waals surface area contributed by atoms with Crippen molar-refractivity contribution in [1.29, 1.82) is 0 Å². The van der Waals surface area contributed by atoms with Crippen LogP contribution in [0.2, 0.25) is 0 Å². The van der Waals surface area contributed by atoms with E-state index >= 15 is 0 Å². The highest BCUT2D eigenvalue weighted by atomic mass is 32.2. The molecule has 1 saturated carbocycles. The van der Waals surface area contributed by atoms with E-state index in [1.165, 1.54) is 32.1 Å². The number of benzene rings is 1. The highest BCUT2D eigenvalue weighted by molar-refractivity contribution is 7.83. The smallest absolute Gasteiger partial charge is 0.426 e. The second-order valence-corrected chi connectivity index (χ2v) is 11.7. The van der Waals surface area contributed by atoms with Crippen molar-refractivity contribution in [2.75, 3.05) is 33.4 Å². The van der Waals surface area contributed by atoms with Crippen LogP contribution in [0, 0.1) is 11.8 Å². The summed E-state index contributed by atoms with van der Waals surface area (Å²) in [7, 11) is 1.68. The Bertz CT molecular complexity index is 1020. The van der Waals surface area contributed by atoms with E-state index in [0.717, 1.165) is 42.8 Å². The van der Waals surface area contributed by atoms with Crippen molar-refractivity contribution < 1.29 is 23.6 Å². The van der Waals surface area contributed by atoms with Gasteiger partial charge in [0.25, 0.3) is 11.2 Å². The predicted molar refractivity (Wildman–Crippen MR) is 153 cm³/mol. The first kappa shape index (κ1) is 29.5. The molecule has 216 valence electrons. The number of hydrogen-bond acceptors (Lipinski definition) is 6. The Kier molecular flexibility index (Phi) is 11.2. The molecule has 3 aliphatic rings. The lowest BCUT2D eigenvalue weighted by Crippen LogP contribution is -2.53. The molecular weight excluding hydrogens is 518 g/mol. The average molecular weight is 562 g/mol. The van der Waals surface area contributed by atoms with Gasteiger partial charge in [-0.1, -0.05) is 62.4 Å². The maximum absolute atomic E-state index is 12.4. The molecule has 4 unspecified atom stereocenters. The lowest BCUT2D eigenvalue weighted by Gasteiger charge is -2.38. The van der Waals surface area contributed by atoms with Gasteiger partial charge in [-0.15, -0.1) is 8.80 Å². The van der Waals surface area contributed by atoms with Crippen LogP contribution >= 0.6 is 0 Å². The molecule has 10 nitrogen and oxygen atoms in total. The first-order chi connectivity index (χ1) is 18.9. The lowest BCUT2D eigenvalue weighted by atomic mass is 9.86. The fourth-order valence-electron chi connectivity index (χ4n) is 5.78. The number of ether oxygens (including phenoxy) is 2. The number of rotatable bonds is 10. The highest BCUT2D eigenvalue weighted by Gasteiger charge is 2.35. The standard InChI is InChI=1S/C28H43N5O5S/c1-21(37-2)20-38-25(23-14-7-4-8-15-23)24-16-10-17-32(19-24)27-26(30-39(36)31-27)29-33(28(34)35)18-9-13-22-11-5-3-6-12-22/h4,7-8,14-15,21-22,24-25H,3,5-6,9-13,16-20H2,1-2H3,(H,29,30)(H,34,35). The zero-order chi connectivity index (χ0) is 27.6. The van der Waals surface area contributed by atoms with Gasteiger partial charge in [0, 0.05) is 32.7 Å². The molecule has 0 spiro atoms. The Morgan fingerprint density at radius 2 is 1.95 bits per heavy atom. The molecule has 0 aromatic heterocycles. The zero-order valence-electron chi connectivity index (χ0n) is 23.2. The van der Waals surface area contributed by atoms with Crippen LogP contribution in [0.15, 0.2) is 39.1 Å². The zero-order valence-corrected chi connectivity index (χ0v) is 24.0. The van der Waals surface area contributed by atoms with Crippen LogP contribution < -0.4 is 5.43 Å².